The highest BCUT2D eigenvalue weighted by Gasteiger charge is 2.26. The van der Waals surface area contributed by atoms with Gasteiger partial charge in [-0.15, -0.1) is 0 Å². The van der Waals surface area contributed by atoms with Crippen LogP contribution >= 0.6 is 23.4 Å². The first-order valence-corrected chi connectivity index (χ1v) is 7.33. The second kappa shape index (κ2) is 5.51. The van der Waals surface area contributed by atoms with E-state index in [0.29, 0.717) is 16.3 Å². The third kappa shape index (κ3) is 2.72. The molecule has 4 heteroatoms. The van der Waals surface area contributed by atoms with E-state index in [9.17, 15) is 5.11 Å². The van der Waals surface area contributed by atoms with Gasteiger partial charge in [0.15, 0.2) is 0 Å². The monoisotopic (exact) mass is 271 g/mol. The van der Waals surface area contributed by atoms with Crippen molar-refractivity contribution in [3.63, 3.8) is 0 Å². The summed E-state index contributed by atoms with van der Waals surface area (Å²) in [5, 5.41) is 10.7. The molecule has 1 N–H and O–H groups in total. The minimum atomic E-state index is 0.0423. The minimum Gasteiger partial charge on any atom is -0.392 e. The fraction of sp³-hybridized carbons (Fsp3) is 0.538. The quantitative estimate of drug-likeness (QED) is 0.894. The number of nitrogens with zero attached hydrogens (tertiary/aromatic N) is 1. The maximum absolute atomic E-state index is 9.44. The summed E-state index contributed by atoms with van der Waals surface area (Å²) in [6, 6.07) is 6.26. The highest BCUT2D eigenvalue weighted by molar-refractivity contribution is 8.00. The van der Waals surface area contributed by atoms with Crippen LogP contribution in [0, 0.1) is 0 Å². The van der Waals surface area contributed by atoms with Crippen LogP contribution in [-0.2, 0) is 6.61 Å². The highest BCUT2D eigenvalue weighted by Crippen LogP contribution is 2.32. The first-order valence-electron chi connectivity index (χ1n) is 5.91. The average molecular weight is 272 g/mol. The lowest BCUT2D eigenvalue weighted by Crippen LogP contribution is -2.45. The molecule has 1 aromatic rings. The first-order chi connectivity index (χ1) is 8.13. The molecular formula is C13H18ClNOS. The molecule has 0 amide bonds. The van der Waals surface area contributed by atoms with Crippen molar-refractivity contribution in [2.75, 3.05) is 17.2 Å². The molecule has 0 saturated carbocycles. The smallest absolute Gasteiger partial charge is 0.0702 e. The van der Waals surface area contributed by atoms with E-state index in [1.807, 2.05) is 30.0 Å². The summed E-state index contributed by atoms with van der Waals surface area (Å²) < 4.78 is 0. The standard InChI is InChI=1S/C13H18ClNOS/c1-9-10(2)17-6-5-15(9)13-4-3-12(14)7-11(13)8-16/h3-4,7,9-10,16H,5-6,8H2,1-2H3. The maximum atomic E-state index is 9.44. The number of aliphatic hydroxyl groups is 1. The van der Waals surface area contributed by atoms with E-state index in [1.165, 1.54) is 0 Å². The van der Waals surface area contributed by atoms with Gasteiger partial charge in [-0.05, 0) is 25.1 Å². The van der Waals surface area contributed by atoms with Crippen LogP contribution in [0.4, 0.5) is 5.69 Å². The fourth-order valence-electron chi connectivity index (χ4n) is 2.23. The minimum absolute atomic E-state index is 0.0423. The predicted octanol–water partition coefficient (Wildman–Crippen LogP) is 3.16. The number of rotatable bonds is 2. The van der Waals surface area contributed by atoms with Crippen LogP contribution in [0.3, 0.4) is 0 Å². The van der Waals surface area contributed by atoms with E-state index in [0.717, 1.165) is 23.5 Å². The van der Waals surface area contributed by atoms with Crippen LogP contribution in [0.5, 0.6) is 0 Å². The molecule has 0 aromatic heterocycles. The van der Waals surface area contributed by atoms with Crippen LogP contribution in [0.15, 0.2) is 18.2 Å². The Morgan fingerprint density at radius 3 is 2.94 bits per heavy atom. The Morgan fingerprint density at radius 2 is 2.24 bits per heavy atom. The predicted molar refractivity (Wildman–Crippen MR) is 76.1 cm³/mol. The van der Waals surface area contributed by atoms with Gasteiger partial charge in [0.1, 0.15) is 0 Å². The number of halogens is 1. The van der Waals surface area contributed by atoms with Crippen molar-refractivity contribution < 1.29 is 5.11 Å². The largest absolute Gasteiger partial charge is 0.392 e. The Balaban J connectivity index is 2.32. The summed E-state index contributed by atoms with van der Waals surface area (Å²) in [5.74, 6) is 1.14. The van der Waals surface area contributed by atoms with Gasteiger partial charge in [-0.1, -0.05) is 18.5 Å². The summed E-state index contributed by atoms with van der Waals surface area (Å²) in [5.41, 5.74) is 2.04. The number of benzene rings is 1. The third-order valence-corrected chi connectivity index (χ3v) is 4.98. The Labute approximate surface area is 112 Å². The summed E-state index contributed by atoms with van der Waals surface area (Å²) >= 11 is 7.98. The zero-order chi connectivity index (χ0) is 12.4. The number of hydrogen-bond acceptors (Lipinski definition) is 3. The molecule has 1 saturated heterocycles. The second-order valence-electron chi connectivity index (χ2n) is 4.44. The highest BCUT2D eigenvalue weighted by atomic mass is 35.5. The molecule has 94 valence electrons. The van der Waals surface area contributed by atoms with E-state index in [1.54, 1.807) is 0 Å². The van der Waals surface area contributed by atoms with Crippen molar-refractivity contribution >= 4 is 29.1 Å². The van der Waals surface area contributed by atoms with Crippen molar-refractivity contribution in [1.29, 1.82) is 0 Å². The van der Waals surface area contributed by atoms with Gasteiger partial charge in [-0.2, -0.15) is 11.8 Å². The van der Waals surface area contributed by atoms with Gasteiger partial charge in [-0.25, -0.2) is 0 Å². The molecule has 2 atom stereocenters. The molecule has 1 aliphatic rings. The Bertz CT molecular complexity index is 399. The molecule has 1 heterocycles. The molecule has 2 unspecified atom stereocenters. The Kier molecular flexibility index (Phi) is 4.23. The normalized spacial score (nSPS) is 25.1. The van der Waals surface area contributed by atoms with Gasteiger partial charge in [-0.3, -0.25) is 0 Å². The molecule has 1 aliphatic heterocycles. The maximum Gasteiger partial charge on any atom is 0.0702 e. The zero-order valence-corrected chi connectivity index (χ0v) is 11.8. The summed E-state index contributed by atoms with van der Waals surface area (Å²) in [6.45, 7) is 5.58. The van der Waals surface area contributed by atoms with Crippen molar-refractivity contribution in [3.05, 3.63) is 28.8 Å². The first kappa shape index (κ1) is 13.1. The number of aliphatic hydroxyl groups excluding tert-OH is 1. The Hall–Kier alpha value is -0.380. The number of thioether (sulfide) groups is 1. The third-order valence-electron chi connectivity index (χ3n) is 3.41. The molecular weight excluding hydrogens is 254 g/mol. The second-order valence-corrected chi connectivity index (χ2v) is 6.36. The van der Waals surface area contributed by atoms with Gasteiger partial charge in [0.2, 0.25) is 0 Å². The number of hydrogen-bond donors (Lipinski definition) is 1. The van der Waals surface area contributed by atoms with Gasteiger partial charge < -0.3 is 10.0 Å². The van der Waals surface area contributed by atoms with Crippen LogP contribution < -0.4 is 4.90 Å². The van der Waals surface area contributed by atoms with E-state index in [2.05, 4.69) is 18.7 Å². The molecule has 0 spiro atoms. The molecule has 1 fully saturated rings. The van der Waals surface area contributed by atoms with E-state index in [4.69, 9.17) is 11.6 Å². The average Bonchev–Trinajstić information content (AvgIpc) is 2.33. The van der Waals surface area contributed by atoms with Crippen molar-refractivity contribution in [3.8, 4) is 0 Å². The van der Waals surface area contributed by atoms with Crippen molar-refractivity contribution in [2.24, 2.45) is 0 Å². The zero-order valence-electron chi connectivity index (χ0n) is 10.2. The molecule has 0 aliphatic carbocycles. The van der Waals surface area contributed by atoms with E-state index >= 15 is 0 Å². The van der Waals surface area contributed by atoms with Gasteiger partial charge >= 0.3 is 0 Å². The summed E-state index contributed by atoms with van der Waals surface area (Å²) in [7, 11) is 0. The van der Waals surface area contributed by atoms with Gasteiger partial charge in [0.25, 0.3) is 0 Å². The Morgan fingerprint density at radius 1 is 1.47 bits per heavy atom. The lowest BCUT2D eigenvalue weighted by atomic mass is 10.1. The number of anilines is 1. The van der Waals surface area contributed by atoms with Gasteiger partial charge in [0.05, 0.1) is 6.61 Å². The molecule has 0 bridgehead atoms. The van der Waals surface area contributed by atoms with Crippen molar-refractivity contribution in [1.82, 2.24) is 0 Å². The summed E-state index contributed by atoms with van der Waals surface area (Å²) in [6.07, 6.45) is 0. The lowest BCUT2D eigenvalue weighted by Gasteiger charge is -2.40. The molecule has 0 radical (unpaired) electrons. The van der Waals surface area contributed by atoms with Crippen molar-refractivity contribution in [2.45, 2.75) is 31.7 Å². The lowest BCUT2D eigenvalue weighted by molar-refractivity contribution is 0.282. The molecule has 17 heavy (non-hydrogen) atoms. The topological polar surface area (TPSA) is 23.5 Å². The SMILES string of the molecule is CC1SCCN(c2ccc(Cl)cc2CO)C1C. The van der Waals surface area contributed by atoms with Crippen LogP contribution in [-0.4, -0.2) is 28.7 Å². The van der Waals surface area contributed by atoms with Crippen LogP contribution in [0.2, 0.25) is 5.02 Å². The molecule has 1 aromatic carbocycles. The summed E-state index contributed by atoms with van der Waals surface area (Å²) in [4.78, 5) is 2.38. The molecule has 2 nitrogen and oxygen atoms in total. The molecule has 2 rings (SSSR count). The fourth-order valence-corrected chi connectivity index (χ4v) is 3.53. The van der Waals surface area contributed by atoms with E-state index in [-0.39, 0.29) is 6.61 Å². The van der Waals surface area contributed by atoms with E-state index < -0.39 is 0 Å². The van der Waals surface area contributed by atoms with Crippen LogP contribution in [0.25, 0.3) is 0 Å². The van der Waals surface area contributed by atoms with Gasteiger partial charge in [0, 0.05) is 39.9 Å². The van der Waals surface area contributed by atoms with Crippen LogP contribution in [0.1, 0.15) is 19.4 Å².